The Bertz CT molecular complexity index is 224. The van der Waals surface area contributed by atoms with Crippen molar-refractivity contribution in [2.45, 2.75) is 0 Å². The Hall–Kier alpha value is -1.25. The average molecular weight is 125 g/mol. The maximum atomic E-state index is 10.1. The summed E-state index contributed by atoms with van der Waals surface area (Å²) in [7, 11) is 0. The van der Waals surface area contributed by atoms with Gasteiger partial charge >= 0.3 is 5.97 Å². The van der Waals surface area contributed by atoms with Crippen LogP contribution in [0.25, 0.3) is 0 Å². The van der Waals surface area contributed by atoms with Crippen LogP contribution in [-0.4, -0.2) is 11.1 Å². The van der Waals surface area contributed by atoms with Gasteiger partial charge in [-0.05, 0) is 13.0 Å². The van der Waals surface area contributed by atoms with E-state index in [9.17, 15) is 4.79 Å². The standard InChI is InChI=1S/C6H5O3/c1-4-2-3-9-5(4)6(7)8/h2-3H,1H2,(H,7,8). The molecule has 1 radical (unpaired) electrons. The zero-order valence-electron chi connectivity index (χ0n) is 4.63. The highest BCUT2D eigenvalue weighted by Crippen LogP contribution is 2.07. The lowest BCUT2D eigenvalue weighted by molar-refractivity contribution is 0.0662. The molecule has 1 aromatic heterocycles. The number of furan rings is 1. The van der Waals surface area contributed by atoms with Crippen molar-refractivity contribution in [3.05, 3.63) is 30.6 Å². The Kier molecular flexibility index (Phi) is 1.26. The van der Waals surface area contributed by atoms with Gasteiger partial charge < -0.3 is 9.52 Å². The van der Waals surface area contributed by atoms with Crippen LogP contribution in [0.3, 0.4) is 0 Å². The van der Waals surface area contributed by atoms with Crippen molar-refractivity contribution in [1.82, 2.24) is 0 Å². The first-order chi connectivity index (χ1) is 4.22. The molecule has 3 nitrogen and oxygen atoms in total. The molecule has 3 heteroatoms. The molecule has 0 aliphatic rings. The highest BCUT2D eigenvalue weighted by molar-refractivity contribution is 5.86. The number of hydrogen-bond acceptors (Lipinski definition) is 2. The molecule has 0 amide bonds. The quantitative estimate of drug-likeness (QED) is 0.612. The average Bonchev–Trinajstić information content (AvgIpc) is 2.13. The predicted molar refractivity (Wildman–Crippen MR) is 30.1 cm³/mol. The fraction of sp³-hybridized carbons (Fsp3) is 0. The van der Waals surface area contributed by atoms with E-state index in [1.807, 2.05) is 0 Å². The first kappa shape index (κ1) is 5.88. The van der Waals surface area contributed by atoms with Gasteiger partial charge in [0.2, 0.25) is 5.76 Å². The predicted octanol–water partition coefficient (Wildman–Crippen LogP) is 1.16. The molecule has 47 valence electrons. The van der Waals surface area contributed by atoms with E-state index in [0.29, 0.717) is 5.56 Å². The van der Waals surface area contributed by atoms with Crippen LogP contribution in [0.15, 0.2) is 16.7 Å². The topological polar surface area (TPSA) is 50.4 Å². The van der Waals surface area contributed by atoms with E-state index in [4.69, 9.17) is 5.11 Å². The van der Waals surface area contributed by atoms with Gasteiger partial charge in [0.25, 0.3) is 0 Å². The summed E-state index contributed by atoms with van der Waals surface area (Å²) in [6.07, 6.45) is 1.30. The van der Waals surface area contributed by atoms with E-state index >= 15 is 0 Å². The summed E-state index contributed by atoms with van der Waals surface area (Å²) in [5, 5.41) is 8.32. The molecule has 0 aliphatic heterocycles. The van der Waals surface area contributed by atoms with Gasteiger partial charge in [-0.1, -0.05) is 0 Å². The molecule has 0 unspecified atom stereocenters. The molecule has 0 saturated heterocycles. The minimum Gasteiger partial charge on any atom is -0.475 e. The molecule has 0 aromatic carbocycles. The lowest BCUT2D eigenvalue weighted by Crippen LogP contribution is -1.94. The van der Waals surface area contributed by atoms with Crippen LogP contribution < -0.4 is 0 Å². The zero-order chi connectivity index (χ0) is 6.85. The Labute approximate surface area is 51.9 Å². The van der Waals surface area contributed by atoms with E-state index in [2.05, 4.69) is 11.3 Å². The van der Waals surface area contributed by atoms with Crippen molar-refractivity contribution in [3.8, 4) is 0 Å². The summed E-state index contributed by atoms with van der Waals surface area (Å²) >= 11 is 0. The van der Waals surface area contributed by atoms with Crippen LogP contribution in [0.1, 0.15) is 16.1 Å². The molecule has 0 bridgehead atoms. The third-order valence-electron chi connectivity index (χ3n) is 0.941. The van der Waals surface area contributed by atoms with Crippen molar-refractivity contribution in [3.63, 3.8) is 0 Å². The monoisotopic (exact) mass is 125 g/mol. The van der Waals surface area contributed by atoms with E-state index < -0.39 is 5.97 Å². The number of rotatable bonds is 1. The van der Waals surface area contributed by atoms with Crippen molar-refractivity contribution in [2.75, 3.05) is 0 Å². The summed E-state index contributed by atoms with van der Waals surface area (Å²) in [6, 6.07) is 1.50. The van der Waals surface area contributed by atoms with Crippen LogP contribution in [0.5, 0.6) is 0 Å². The highest BCUT2D eigenvalue weighted by atomic mass is 16.4. The van der Waals surface area contributed by atoms with Gasteiger partial charge in [0.1, 0.15) is 0 Å². The first-order valence-corrected chi connectivity index (χ1v) is 2.34. The smallest absolute Gasteiger partial charge is 0.372 e. The molecule has 0 aliphatic carbocycles. The van der Waals surface area contributed by atoms with Crippen LogP contribution >= 0.6 is 0 Å². The van der Waals surface area contributed by atoms with Crippen LogP contribution in [0, 0.1) is 6.92 Å². The Morgan fingerprint density at radius 3 is 2.67 bits per heavy atom. The fourth-order valence-corrected chi connectivity index (χ4v) is 0.523. The van der Waals surface area contributed by atoms with Gasteiger partial charge in [-0.15, -0.1) is 0 Å². The SMILES string of the molecule is [CH2]c1ccoc1C(=O)O. The number of carboxylic acids is 1. The first-order valence-electron chi connectivity index (χ1n) is 2.34. The molecule has 1 heterocycles. The lowest BCUT2D eigenvalue weighted by Gasteiger charge is -1.85. The van der Waals surface area contributed by atoms with Gasteiger partial charge in [0.05, 0.1) is 6.26 Å². The van der Waals surface area contributed by atoms with Gasteiger partial charge in [0.15, 0.2) is 0 Å². The van der Waals surface area contributed by atoms with Crippen LogP contribution in [-0.2, 0) is 0 Å². The van der Waals surface area contributed by atoms with Gasteiger partial charge in [-0.2, -0.15) is 0 Å². The number of carboxylic acid groups (broad SMARTS) is 1. The second-order valence-electron chi connectivity index (χ2n) is 1.58. The number of hydrogen-bond donors (Lipinski definition) is 1. The lowest BCUT2D eigenvalue weighted by atomic mass is 10.3. The third kappa shape index (κ3) is 0.937. The third-order valence-corrected chi connectivity index (χ3v) is 0.941. The summed E-state index contributed by atoms with van der Waals surface area (Å²) in [5.74, 6) is -1.17. The summed E-state index contributed by atoms with van der Waals surface area (Å²) in [6.45, 7) is 3.43. The molecule has 1 N–H and O–H groups in total. The second kappa shape index (κ2) is 1.93. The fourth-order valence-electron chi connectivity index (χ4n) is 0.523. The molecule has 0 spiro atoms. The number of aromatic carboxylic acids is 1. The Morgan fingerprint density at radius 1 is 1.78 bits per heavy atom. The minimum atomic E-state index is -1.08. The summed E-state index contributed by atoms with van der Waals surface area (Å²) in [5.41, 5.74) is 0.405. The second-order valence-corrected chi connectivity index (χ2v) is 1.58. The maximum absolute atomic E-state index is 10.1. The summed E-state index contributed by atoms with van der Waals surface area (Å²) in [4.78, 5) is 10.1. The zero-order valence-corrected chi connectivity index (χ0v) is 4.63. The van der Waals surface area contributed by atoms with E-state index in [-0.39, 0.29) is 5.76 Å². The van der Waals surface area contributed by atoms with Crippen LogP contribution in [0.4, 0.5) is 0 Å². The highest BCUT2D eigenvalue weighted by Gasteiger charge is 2.08. The molecule has 0 atom stereocenters. The minimum absolute atomic E-state index is 0.0880. The maximum Gasteiger partial charge on any atom is 0.372 e. The van der Waals surface area contributed by atoms with E-state index in [1.54, 1.807) is 0 Å². The molecular weight excluding hydrogens is 120 g/mol. The molecular formula is C6H5O3. The Morgan fingerprint density at radius 2 is 2.44 bits per heavy atom. The van der Waals surface area contributed by atoms with E-state index in [0.717, 1.165) is 0 Å². The Balaban J connectivity index is 3.08. The van der Waals surface area contributed by atoms with Crippen molar-refractivity contribution < 1.29 is 14.3 Å². The van der Waals surface area contributed by atoms with Crippen molar-refractivity contribution >= 4 is 5.97 Å². The molecule has 1 aromatic rings. The summed E-state index contributed by atoms with van der Waals surface area (Å²) < 4.78 is 4.56. The van der Waals surface area contributed by atoms with Gasteiger partial charge in [-0.25, -0.2) is 4.79 Å². The molecule has 0 saturated carbocycles. The van der Waals surface area contributed by atoms with Gasteiger partial charge in [0, 0.05) is 5.56 Å². The van der Waals surface area contributed by atoms with Crippen LogP contribution in [0.2, 0.25) is 0 Å². The molecule has 0 fully saturated rings. The van der Waals surface area contributed by atoms with Crippen molar-refractivity contribution in [2.24, 2.45) is 0 Å². The van der Waals surface area contributed by atoms with Crippen molar-refractivity contribution in [1.29, 1.82) is 0 Å². The largest absolute Gasteiger partial charge is 0.475 e. The number of carbonyl (C=O) groups is 1. The molecule has 1 rings (SSSR count). The normalized spacial score (nSPS) is 9.44. The molecule has 9 heavy (non-hydrogen) atoms. The van der Waals surface area contributed by atoms with E-state index in [1.165, 1.54) is 12.3 Å². The van der Waals surface area contributed by atoms with Gasteiger partial charge in [-0.3, -0.25) is 0 Å².